The average molecular weight is 275 g/mol. The summed E-state index contributed by atoms with van der Waals surface area (Å²) >= 11 is 5.89. The molecule has 0 unspecified atom stereocenters. The van der Waals surface area contributed by atoms with Gasteiger partial charge in [0.25, 0.3) is 5.56 Å². The predicted molar refractivity (Wildman–Crippen MR) is 73.1 cm³/mol. The Morgan fingerprint density at radius 3 is 2.74 bits per heavy atom. The Morgan fingerprint density at radius 1 is 1.37 bits per heavy atom. The summed E-state index contributed by atoms with van der Waals surface area (Å²) in [5.74, 6) is 0.636. The fourth-order valence-electron chi connectivity index (χ4n) is 1.87. The molecule has 0 bridgehead atoms. The van der Waals surface area contributed by atoms with Crippen LogP contribution >= 0.6 is 11.6 Å². The Morgan fingerprint density at radius 2 is 2.11 bits per heavy atom. The van der Waals surface area contributed by atoms with E-state index < -0.39 is 5.56 Å². The number of methoxy groups -OCH3 is 1. The van der Waals surface area contributed by atoms with Crippen LogP contribution in [0.25, 0.3) is 5.69 Å². The van der Waals surface area contributed by atoms with Crippen LogP contribution in [0.5, 0.6) is 5.75 Å². The van der Waals surface area contributed by atoms with Crippen LogP contribution in [0.3, 0.4) is 0 Å². The van der Waals surface area contributed by atoms with E-state index in [0.717, 1.165) is 0 Å². The van der Waals surface area contributed by atoms with Gasteiger partial charge in [-0.05, 0) is 25.1 Å². The maximum Gasteiger partial charge on any atom is 0.274 e. The number of pyridine rings is 1. The van der Waals surface area contributed by atoms with Crippen LogP contribution in [0.4, 0.5) is 0 Å². The Kier molecular flexibility index (Phi) is 3.59. The molecule has 19 heavy (non-hydrogen) atoms. The zero-order valence-electron chi connectivity index (χ0n) is 10.5. The predicted octanol–water partition coefficient (Wildman–Crippen LogP) is 2.68. The van der Waals surface area contributed by atoms with Crippen LogP contribution in [0, 0.1) is 18.3 Å². The minimum Gasteiger partial charge on any atom is -0.497 e. The molecule has 5 heteroatoms. The Bertz CT molecular complexity index is 729. The van der Waals surface area contributed by atoms with Crippen LogP contribution in [-0.4, -0.2) is 11.7 Å². The van der Waals surface area contributed by atoms with Crippen molar-refractivity contribution < 1.29 is 4.74 Å². The van der Waals surface area contributed by atoms with Gasteiger partial charge in [0, 0.05) is 11.8 Å². The van der Waals surface area contributed by atoms with Crippen molar-refractivity contribution in [3.8, 4) is 17.5 Å². The number of nitrogens with zero attached hydrogens (tertiary/aromatic N) is 2. The largest absolute Gasteiger partial charge is 0.497 e. The highest BCUT2D eigenvalue weighted by Gasteiger charge is 2.12. The second-order valence-electron chi connectivity index (χ2n) is 3.96. The minimum absolute atomic E-state index is 0.0601. The van der Waals surface area contributed by atoms with Crippen LogP contribution in [-0.2, 0) is 0 Å². The van der Waals surface area contributed by atoms with Crippen molar-refractivity contribution in [1.82, 2.24) is 4.57 Å². The second-order valence-corrected chi connectivity index (χ2v) is 4.37. The Hall–Kier alpha value is -2.25. The highest BCUT2D eigenvalue weighted by Crippen LogP contribution is 2.19. The summed E-state index contributed by atoms with van der Waals surface area (Å²) < 4.78 is 6.57. The maximum atomic E-state index is 12.3. The van der Waals surface area contributed by atoms with Gasteiger partial charge in [-0.15, -0.1) is 0 Å². The maximum absolute atomic E-state index is 12.3. The van der Waals surface area contributed by atoms with Crippen molar-refractivity contribution in [2.24, 2.45) is 0 Å². The molecular formula is C14H11ClN2O2. The molecule has 4 nitrogen and oxygen atoms in total. The van der Waals surface area contributed by atoms with E-state index in [2.05, 4.69) is 0 Å². The van der Waals surface area contributed by atoms with Gasteiger partial charge in [0.2, 0.25) is 0 Å². The first-order chi connectivity index (χ1) is 9.08. The fraction of sp³-hybridized carbons (Fsp3) is 0.143. The Labute approximate surface area is 115 Å². The SMILES string of the molecule is COc1cccc(-n2c(C)cc(Cl)c(C#N)c2=O)c1. The van der Waals surface area contributed by atoms with Gasteiger partial charge >= 0.3 is 0 Å². The van der Waals surface area contributed by atoms with Crippen LogP contribution in [0.15, 0.2) is 35.1 Å². The minimum atomic E-state index is -0.430. The second kappa shape index (κ2) is 5.17. The summed E-state index contributed by atoms with van der Waals surface area (Å²) in [6.45, 7) is 1.76. The third-order valence-electron chi connectivity index (χ3n) is 2.77. The van der Waals surface area contributed by atoms with Gasteiger partial charge in [-0.3, -0.25) is 9.36 Å². The van der Waals surface area contributed by atoms with E-state index in [0.29, 0.717) is 17.1 Å². The van der Waals surface area contributed by atoms with Gasteiger partial charge in [-0.2, -0.15) is 5.26 Å². The van der Waals surface area contributed by atoms with Crippen LogP contribution in [0.1, 0.15) is 11.3 Å². The molecule has 2 rings (SSSR count). The van der Waals surface area contributed by atoms with Crippen LogP contribution < -0.4 is 10.3 Å². The number of halogens is 1. The van der Waals surface area contributed by atoms with Crippen molar-refractivity contribution in [3.63, 3.8) is 0 Å². The number of hydrogen-bond donors (Lipinski definition) is 0. The quantitative estimate of drug-likeness (QED) is 0.846. The summed E-state index contributed by atoms with van der Waals surface area (Å²) in [5, 5.41) is 9.16. The third-order valence-corrected chi connectivity index (χ3v) is 3.07. The Balaban J connectivity index is 2.76. The number of ether oxygens (including phenoxy) is 1. The summed E-state index contributed by atoms with van der Waals surface area (Å²) in [4.78, 5) is 12.3. The topological polar surface area (TPSA) is 55.0 Å². The zero-order chi connectivity index (χ0) is 14.0. The number of aryl methyl sites for hydroxylation is 1. The van der Waals surface area contributed by atoms with Crippen molar-refractivity contribution in [2.75, 3.05) is 7.11 Å². The molecule has 0 aliphatic carbocycles. The molecular weight excluding hydrogens is 264 g/mol. The lowest BCUT2D eigenvalue weighted by Gasteiger charge is -2.12. The molecule has 96 valence electrons. The number of hydrogen-bond acceptors (Lipinski definition) is 3. The van der Waals surface area contributed by atoms with Gasteiger partial charge in [0.15, 0.2) is 0 Å². The first-order valence-corrected chi connectivity index (χ1v) is 5.93. The number of nitriles is 1. The van der Waals surface area contributed by atoms with E-state index in [4.69, 9.17) is 21.6 Å². The molecule has 0 amide bonds. The molecule has 0 spiro atoms. The highest BCUT2D eigenvalue weighted by molar-refractivity contribution is 6.31. The first kappa shape index (κ1) is 13.2. The van der Waals surface area contributed by atoms with E-state index in [1.54, 1.807) is 44.4 Å². The number of benzene rings is 1. The van der Waals surface area contributed by atoms with E-state index in [-0.39, 0.29) is 10.6 Å². The molecule has 0 saturated heterocycles. The molecule has 1 aromatic heterocycles. The monoisotopic (exact) mass is 274 g/mol. The lowest BCUT2D eigenvalue weighted by Crippen LogP contribution is -2.23. The zero-order valence-corrected chi connectivity index (χ0v) is 11.2. The van der Waals surface area contributed by atoms with E-state index in [1.807, 2.05) is 6.07 Å². The van der Waals surface area contributed by atoms with Crippen molar-refractivity contribution in [3.05, 3.63) is 57.0 Å². The van der Waals surface area contributed by atoms with Crippen molar-refractivity contribution >= 4 is 11.6 Å². The molecule has 0 N–H and O–H groups in total. The molecule has 0 aliphatic heterocycles. The van der Waals surface area contributed by atoms with Crippen molar-refractivity contribution in [2.45, 2.75) is 6.92 Å². The normalized spacial score (nSPS) is 10.0. The average Bonchev–Trinajstić information content (AvgIpc) is 2.39. The number of rotatable bonds is 2. The summed E-state index contributed by atoms with van der Waals surface area (Å²) in [6, 6.07) is 10.5. The van der Waals surface area contributed by atoms with Crippen LogP contribution in [0.2, 0.25) is 5.02 Å². The van der Waals surface area contributed by atoms with Crippen molar-refractivity contribution in [1.29, 1.82) is 5.26 Å². The molecule has 0 aliphatic rings. The van der Waals surface area contributed by atoms with Gasteiger partial charge < -0.3 is 4.74 Å². The smallest absolute Gasteiger partial charge is 0.274 e. The standard InChI is InChI=1S/C14H11ClN2O2/c1-9-6-13(15)12(8-16)14(18)17(9)10-4-3-5-11(7-10)19-2/h3-7H,1-2H3. The molecule has 2 aromatic rings. The van der Waals surface area contributed by atoms with Gasteiger partial charge in [-0.25, -0.2) is 0 Å². The lowest BCUT2D eigenvalue weighted by molar-refractivity contribution is 0.414. The summed E-state index contributed by atoms with van der Waals surface area (Å²) in [7, 11) is 1.55. The first-order valence-electron chi connectivity index (χ1n) is 5.55. The third kappa shape index (κ3) is 2.33. The molecule has 1 heterocycles. The van der Waals surface area contributed by atoms with E-state index >= 15 is 0 Å². The molecule has 0 fully saturated rings. The lowest BCUT2D eigenvalue weighted by atomic mass is 10.2. The van der Waals surface area contributed by atoms with Gasteiger partial charge in [-0.1, -0.05) is 17.7 Å². The molecule has 0 atom stereocenters. The molecule has 0 saturated carbocycles. The molecule has 0 radical (unpaired) electrons. The highest BCUT2D eigenvalue weighted by atomic mass is 35.5. The fourth-order valence-corrected chi connectivity index (χ4v) is 2.15. The number of aromatic nitrogens is 1. The van der Waals surface area contributed by atoms with Gasteiger partial charge in [0.1, 0.15) is 17.4 Å². The summed E-state index contributed by atoms with van der Waals surface area (Å²) in [5.41, 5.74) is 0.799. The molecule has 1 aromatic carbocycles. The van der Waals surface area contributed by atoms with E-state index in [9.17, 15) is 4.79 Å². The van der Waals surface area contributed by atoms with Gasteiger partial charge in [0.05, 0.1) is 17.8 Å². The van der Waals surface area contributed by atoms with E-state index in [1.165, 1.54) is 4.57 Å². The summed E-state index contributed by atoms with van der Waals surface area (Å²) in [6.07, 6.45) is 0.